The summed E-state index contributed by atoms with van der Waals surface area (Å²) in [5, 5.41) is 27.8. The number of imidazole rings is 1. The van der Waals surface area contributed by atoms with Crippen LogP contribution in [0.1, 0.15) is 227 Å². The molecule has 5 aromatic rings. The maximum absolute atomic E-state index is 4.30. The van der Waals surface area contributed by atoms with Crippen molar-refractivity contribution in [2.24, 2.45) is 0 Å². The Labute approximate surface area is 333 Å². The molecule has 0 atom stereocenters. The average molecular weight is 765 g/mol. The molecule has 0 aliphatic rings. The number of hydrogen-bond acceptors (Lipinski definition) is 9. The van der Waals surface area contributed by atoms with Gasteiger partial charge >= 0.3 is 0 Å². The fourth-order valence-electron chi connectivity index (χ4n) is 5.50. The van der Waals surface area contributed by atoms with Crippen LogP contribution in [-0.4, -0.2) is 69.1 Å². The van der Waals surface area contributed by atoms with Crippen LogP contribution in [0.15, 0.2) is 37.3 Å². The zero-order chi connectivity index (χ0) is 42.2. The number of tetrazole rings is 1. The van der Waals surface area contributed by atoms with Crippen molar-refractivity contribution >= 4 is 0 Å². The van der Waals surface area contributed by atoms with Crippen molar-refractivity contribution in [3.63, 3.8) is 0 Å². The molecule has 0 saturated carbocycles. The molecule has 0 N–H and O–H groups in total. The molecule has 5 rings (SSSR count). The molecule has 0 amide bonds. The van der Waals surface area contributed by atoms with Gasteiger partial charge in [-0.3, -0.25) is 4.68 Å². The summed E-state index contributed by atoms with van der Waals surface area (Å²) >= 11 is 0. The van der Waals surface area contributed by atoms with Gasteiger partial charge in [0.25, 0.3) is 0 Å². The Morgan fingerprint density at radius 1 is 0.436 bits per heavy atom. The summed E-state index contributed by atoms with van der Waals surface area (Å²) in [5.74, 6) is 6.68. The zero-order valence-corrected chi connectivity index (χ0v) is 38.0. The highest BCUT2D eigenvalue weighted by molar-refractivity contribution is 5.06. The van der Waals surface area contributed by atoms with E-state index < -0.39 is 0 Å². The Balaban J connectivity index is 0.000000344. The topological polar surface area (TPSA) is 141 Å². The Morgan fingerprint density at radius 3 is 1.33 bits per heavy atom. The predicted octanol–water partition coefficient (Wildman–Crippen LogP) is 10.5. The molecule has 14 nitrogen and oxygen atoms in total. The summed E-state index contributed by atoms with van der Waals surface area (Å²) in [7, 11) is 0. The molecule has 310 valence electrons. The van der Waals surface area contributed by atoms with Crippen molar-refractivity contribution in [3.05, 3.63) is 66.3 Å². The van der Waals surface area contributed by atoms with E-state index in [0.717, 1.165) is 17.5 Å². The average Bonchev–Trinajstić information content (AvgIpc) is 3.94. The third kappa shape index (κ3) is 15.4. The standard InChI is InChI=1S/2C9H16N2.2C8H15N3.C7H14N4/c1-7(2)9-10-5-6-11(9)8(3)4;1-7(2)9-5-6-10-11(9)8(3)4;1-6(2)8-10-9-5-11(8)7(3)4;1-6(2)8-9-5-10-11(8)7(3)4;1-5(2)7-8-9-10-11(7)6(3)4/h2*5-8H,1-4H3;2*5-7H,1-4H3;5-6H,1-4H3. The second-order valence-corrected chi connectivity index (χ2v) is 16.8. The molecule has 14 heteroatoms. The van der Waals surface area contributed by atoms with E-state index >= 15 is 0 Å². The second kappa shape index (κ2) is 23.6. The molecule has 0 bridgehead atoms. The monoisotopic (exact) mass is 765 g/mol. The first-order chi connectivity index (χ1) is 25.6. The smallest absolute Gasteiger partial charge is 0.154 e. The van der Waals surface area contributed by atoms with E-state index in [2.05, 4.69) is 204 Å². The van der Waals surface area contributed by atoms with Crippen LogP contribution < -0.4 is 0 Å². The molecule has 5 heterocycles. The minimum absolute atomic E-state index is 0.349. The van der Waals surface area contributed by atoms with Gasteiger partial charge in [0, 0.05) is 72.1 Å². The lowest BCUT2D eigenvalue weighted by Crippen LogP contribution is -2.09. The molecular weight excluding hydrogens is 689 g/mol. The Bertz CT molecular complexity index is 1300. The summed E-state index contributed by atoms with van der Waals surface area (Å²) < 4.78 is 10.2. The van der Waals surface area contributed by atoms with Crippen LogP contribution in [-0.2, 0) is 0 Å². The van der Waals surface area contributed by atoms with Gasteiger partial charge in [0.1, 0.15) is 30.1 Å². The first-order valence-electron chi connectivity index (χ1n) is 20.3. The van der Waals surface area contributed by atoms with Crippen molar-refractivity contribution in [1.82, 2.24) is 69.1 Å². The van der Waals surface area contributed by atoms with E-state index in [1.165, 1.54) is 11.5 Å². The normalized spacial score (nSPS) is 11.5. The number of aromatic nitrogens is 14. The fourth-order valence-corrected chi connectivity index (χ4v) is 5.50. The molecule has 0 aliphatic heterocycles. The summed E-state index contributed by atoms with van der Waals surface area (Å²) in [6, 6.07) is 4.31. The number of hydrogen-bond donors (Lipinski definition) is 0. The third-order valence-corrected chi connectivity index (χ3v) is 8.36. The van der Waals surface area contributed by atoms with Gasteiger partial charge in [-0.2, -0.15) is 10.2 Å². The molecule has 0 unspecified atom stereocenters. The number of nitrogens with zero attached hydrogens (tertiary/aromatic N) is 14. The van der Waals surface area contributed by atoms with Crippen LogP contribution in [0.5, 0.6) is 0 Å². The van der Waals surface area contributed by atoms with Crippen LogP contribution in [0.3, 0.4) is 0 Å². The highest BCUT2D eigenvalue weighted by atomic mass is 15.5. The molecule has 5 aromatic heterocycles. The molecule has 0 spiro atoms. The summed E-state index contributed by atoms with van der Waals surface area (Å²) in [6.07, 6.45) is 9.19. The third-order valence-electron chi connectivity index (χ3n) is 8.36. The quantitative estimate of drug-likeness (QED) is 0.136. The van der Waals surface area contributed by atoms with E-state index in [1.54, 1.807) is 12.7 Å². The van der Waals surface area contributed by atoms with E-state index in [1.807, 2.05) is 28.0 Å². The molecular formula is C41H76N14. The van der Waals surface area contributed by atoms with E-state index in [0.29, 0.717) is 59.8 Å². The zero-order valence-electron chi connectivity index (χ0n) is 38.0. The van der Waals surface area contributed by atoms with Gasteiger partial charge in [-0.05, 0) is 91.6 Å². The highest BCUT2D eigenvalue weighted by Gasteiger charge is 2.13. The van der Waals surface area contributed by atoms with E-state index in [4.69, 9.17) is 0 Å². The summed E-state index contributed by atoms with van der Waals surface area (Å²) in [6.45, 7) is 42.7. The van der Waals surface area contributed by atoms with Crippen molar-refractivity contribution in [3.8, 4) is 0 Å². The van der Waals surface area contributed by atoms with Gasteiger partial charge in [0.15, 0.2) is 5.82 Å². The fraction of sp³-hybridized carbons (Fsp3) is 0.732. The van der Waals surface area contributed by atoms with Gasteiger partial charge in [-0.1, -0.05) is 69.2 Å². The molecule has 0 saturated heterocycles. The van der Waals surface area contributed by atoms with Crippen LogP contribution in [0.2, 0.25) is 0 Å². The minimum Gasteiger partial charge on any atom is -0.332 e. The van der Waals surface area contributed by atoms with Crippen LogP contribution >= 0.6 is 0 Å². The Hall–Kier alpha value is -4.23. The van der Waals surface area contributed by atoms with Gasteiger partial charge in [-0.15, -0.1) is 15.3 Å². The first-order valence-corrected chi connectivity index (χ1v) is 20.3. The van der Waals surface area contributed by atoms with Crippen molar-refractivity contribution in [1.29, 1.82) is 0 Å². The van der Waals surface area contributed by atoms with Gasteiger partial charge < -0.3 is 9.13 Å². The molecule has 0 aliphatic carbocycles. The van der Waals surface area contributed by atoms with Crippen molar-refractivity contribution in [2.45, 2.75) is 198 Å². The Kier molecular flexibility index (Phi) is 21.0. The summed E-state index contributed by atoms with van der Waals surface area (Å²) in [5.41, 5.74) is 1.32. The minimum atomic E-state index is 0.349. The van der Waals surface area contributed by atoms with Crippen molar-refractivity contribution in [2.75, 3.05) is 0 Å². The lowest BCUT2D eigenvalue weighted by molar-refractivity contribution is 0.483. The van der Waals surface area contributed by atoms with Gasteiger partial charge in [0.05, 0.1) is 6.04 Å². The molecule has 0 aromatic carbocycles. The molecule has 0 fully saturated rings. The summed E-state index contributed by atoms with van der Waals surface area (Å²) in [4.78, 5) is 8.49. The maximum Gasteiger partial charge on any atom is 0.154 e. The van der Waals surface area contributed by atoms with Gasteiger partial charge in [0.2, 0.25) is 0 Å². The SMILES string of the molecule is CC(C)c1ccnn1C(C)C.CC(C)c1nccn1C(C)C.CC(C)c1ncnn1C(C)C.CC(C)c1nncn1C(C)C.CC(C)c1nnnn1C(C)C. The first kappa shape index (κ1) is 48.8. The van der Waals surface area contributed by atoms with Crippen LogP contribution in [0.4, 0.5) is 0 Å². The van der Waals surface area contributed by atoms with Crippen LogP contribution in [0.25, 0.3) is 0 Å². The van der Waals surface area contributed by atoms with E-state index in [9.17, 15) is 0 Å². The number of rotatable bonds is 10. The van der Waals surface area contributed by atoms with Crippen molar-refractivity contribution < 1.29 is 0 Å². The Morgan fingerprint density at radius 2 is 0.964 bits per heavy atom. The maximum atomic E-state index is 4.30. The highest BCUT2D eigenvalue weighted by Crippen LogP contribution is 2.19. The van der Waals surface area contributed by atoms with Gasteiger partial charge in [-0.25, -0.2) is 19.3 Å². The lowest BCUT2D eigenvalue weighted by Gasteiger charge is -2.13. The van der Waals surface area contributed by atoms with E-state index in [-0.39, 0.29) is 0 Å². The van der Waals surface area contributed by atoms with Crippen LogP contribution in [0, 0.1) is 0 Å². The molecule has 55 heavy (non-hydrogen) atoms. The lowest BCUT2D eigenvalue weighted by atomic mass is 10.1. The largest absolute Gasteiger partial charge is 0.332 e. The second-order valence-electron chi connectivity index (χ2n) is 16.8. The molecule has 0 radical (unpaired) electrons. The predicted molar refractivity (Wildman–Crippen MR) is 225 cm³/mol.